The van der Waals surface area contributed by atoms with Crippen LogP contribution in [-0.4, -0.2) is 12.0 Å². The molecule has 2 heteroatoms. The van der Waals surface area contributed by atoms with E-state index >= 15 is 0 Å². The molecular weight excluding hydrogens is 256 g/mol. The van der Waals surface area contributed by atoms with Crippen molar-refractivity contribution in [3.63, 3.8) is 0 Å². The highest BCUT2D eigenvalue weighted by atomic mass is 14.9. The Labute approximate surface area is 129 Å². The molecule has 0 saturated heterocycles. The summed E-state index contributed by atoms with van der Waals surface area (Å²) in [6, 6.07) is 11.0. The highest BCUT2D eigenvalue weighted by Crippen LogP contribution is 2.22. The maximum absolute atomic E-state index is 4.58. The van der Waals surface area contributed by atoms with Gasteiger partial charge in [0.2, 0.25) is 0 Å². The molecule has 0 spiro atoms. The summed E-state index contributed by atoms with van der Waals surface area (Å²) in [6.45, 7) is 2.27. The van der Waals surface area contributed by atoms with Crippen LogP contribution < -0.4 is 5.32 Å². The van der Waals surface area contributed by atoms with E-state index in [1.54, 1.807) is 0 Å². The number of hydrogen-bond donors (Lipinski definition) is 1. The lowest BCUT2D eigenvalue weighted by molar-refractivity contribution is 0.497. The van der Waals surface area contributed by atoms with Crippen molar-refractivity contribution in [3.05, 3.63) is 42.1 Å². The summed E-state index contributed by atoms with van der Waals surface area (Å²) in [7, 11) is 2.05. The molecule has 0 aliphatic rings. The predicted molar refractivity (Wildman–Crippen MR) is 91.5 cm³/mol. The Hall–Kier alpha value is -1.41. The zero-order chi connectivity index (χ0) is 14.9. The van der Waals surface area contributed by atoms with Gasteiger partial charge in [-0.1, -0.05) is 63.6 Å². The van der Waals surface area contributed by atoms with E-state index in [0.717, 1.165) is 5.52 Å². The molecule has 1 aromatic heterocycles. The summed E-state index contributed by atoms with van der Waals surface area (Å²) in [4.78, 5) is 4.58. The minimum absolute atomic E-state index is 0.424. The van der Waals surface area contributed by atoms with Gasteiger partial charge >= 0.3 is 0 Å². The Bertz CT molecular complexity index is 536. The first kappa shape index (κ1) is 16.0. The highest BCUT2D eigenvalue weighted by molar-refractivity contribution is 5.78. The molecule has 0 radical (unpaired) electrons. The van der Waals surface area contributed by atoms with Crippen LogP contribution in [0.2, 0.25) is 0 Å². The molecular formula is C19H28N2. The van der Waals surface area contributed by atoms with Gasteiger partial charge in [-0.3, -0.25) is 4.98 Å². The molecule has 1 atom stereocenters. The van der Waals surface area contributed by atoms with E-state index in [-0.39, 0.29) is 0 Å². The van der Waals surface area contributed by atoms with Crippen molar-refractivity contribution in [1.82, 2.24) is 10.3 Å². The molecule has 1 N–H and O–H groups in total. The molecule has 0 saturated carbocycles. The number of fused-ring (bicyclic) bond motifs is 1. The molecule has 1 unspecified atom stereocenters. The Morgan fingerprint density at radius 1 is 1.05 bits per heavy atom. The number of rotatable bonds is 9. The number of hydrogen-bond acceptors (Lipinski definition) is 2. The summed E-state index contributed by atoms with van der Waals surface area (Å²) >= 11 is 0. The van der Waals surface area contributed by atoms with E-state index in [2.05, 4.69) is 48.5 Å². The normalized spacial score (nSPS) is 12.7. The van der Waals surface area contributed by atoms with Crippen LogP contribution in [-0.2, 0) is 0 Å². The van der Waals surface area contributed by atoms with Crippen LogP contribution in [0.15, 0.2) is 36.5 Å². The fourth-order valence-electron chi connectivity index (χ4n) is 2.89. The third kappa shape index (κ3) is 4.82. The number of nitrogens with zero attached hydrogens (tertiary/aromatic N) is 1. The smallest absolute Gasteiger partial charge is 0.0702 e. The van der Waals surface area contributed by atoms with Crippen molar-refractivity contribution in [2.24, 2.45) is 0 Å². The van der Waals surface area contributed by atoms with Crippen molar-refractivity contribution in [1.29, 1.82) is 0 Å². The van der Waals surface area contributed by atoms with Crippen LogP contribution >= 0.6 is 0 Å². The topological polar surface area (TPSA) is 24.9 Å². The number of aromatic nitrogens is 1. The zero-order valence-corrected chi connectivity index (χ0v) is 13.4. The lowest BCUT2D eigenvalue weighted by atomic mass is 10.00. The summed E-state index contributed by atoms with van der Waals surface area (Å²) < 4.78 is 0. The second kappa shape index (κ2) is 8.78. The van der Waals surface area contributed by atoms with Crippen LogP contribution in [0.4, 0.5) is 0 Å². The van der Waals surface area contributed by atoms with Crippen LogP contribution in [0.25, 0.3) is 10.9 Å². The van der Waals surface area contributed by atoms with Gasteiger partial charge in [-0.05, 0) is 31.2 Å². The summed E-state index contributed by atoms with van der Waals surface area (Å²) in [6.07, 6.45) is 11.3. The van der Waals surface area contributed by atoms with Gasteiger partial charge in [0, 0.05) is 17.6 Å². The van der Waals surface area contributed by atoms with Gasteiger partial charge < -0.3 is 5.32 Å². The number of unbranched alkanes of at least 4 members (excludes halogenated alkanes) is 5. The molecule has 0 fully saturated rings. The third-order valence-corrected chi connectivity index (χ3v) is 4.21. The van der Waals surface area contributed by atoms with E-state index < -0.39 is 0 Å². The number of pyridine rings is 1. The monoisotopic (exact) mass is 284 g/mol. The summed E-state index contributed by atoms with van der Waals surface area (Å²) in [5.41, 5.74) is 2.39. The Kier molecular flexibility index (Phi) is 6.68. The van der Waals surface area contributed by atoms with Gasteiger partial charge in [0.1, 0.15) is 0 Å². The van der Waals surface area contributed by atoms with Crippen LogP contribution in [0.3, 0.4) is 0 Å². The van der Waals surface area contributed by atoms with Crippen molar-refractivity contribution >= 4 is 10.9 Å². The Balaban J connectivity index is 1.89. The quantitative estimate of drug-likeness (QED) is 0.636. The van der Waals surface area contributed by atoms with Gasteiger partial charge in [-0.2, -0.15) is 0 Å². The maximum atomic E-state index is 4.58. The van der Waals surface area contributed by atoms with E-state index in [0.29, 0.717) is 6.04 Å². The van der Waals surface area contributed by atoms with E-state index in [4.69, 9.17) is 0 Å². The van der Waals surface area contributed by atoms with Crippen molar-refractivity contribution in [3.8, 4) is 0 Å². The second-order valence-corrected chi connectivity index (χ2v) is 5.86. The minimum atomic E-state index is 0.424. The second-order valence-electron chi connectivity index (χ2n) is 5.86. The van der Waals surface area contributed by atoms with Gasteiger partial charge in [0.25, 0.3) is 0 Å². The van der Waals surface area contributed by atoms with Gasteiger partial charge in [0.15, 0.2) is 0 Å². The fourth-order valence-corrected chi connectivity index (χ4v) is 2.89. The molecule has 2 aromatic rings. The molecule has 2 nitrogen and oxygen atoms in total. The average Bonchev–Trinajstić information content (AvgIpc) is 2.54. The standard InChI is InChI=1S/C19H28N2/c1-3-4-5-6-7-8-12-18(20-2)17-14-16-11-9-10-13-19(16)21-15-17/h9-11,13-15,18,20H,3-8,12H2,1-2H3. The van der Waals surface area contributed by atoms with E-state index in [1.165, 1.54) is 55.9 Å². The van der Waals surface area contributed by atoms with E-state index in [9.17, 15) is 0 Å². The first-order valence-electron chi connectivity index (χ1n) is 8.37. The van der Waals surface area contributed by atoms with E-state index in [1.807, 2.05) is 12.3 Å². The van der Waals surface area contributed by atoms with Crippen molar-refractivity contribution in [2.75, 3.05) is 7.05 Å². The van der Waals surface area contributed by atoms with Gasteiger partial charge in [0.05, 0.1) is 5.52 Å². The molecule has 0 aliphatic heterocycles. The molecule has 114 valence electrons. The van der Waals surface area contributed by atoms with Crippen LogP contribution in [0.5, 0.6) is 0 Å². The number of para-hydroxylation sites is 1. The van der Waals surface area contributed by atoms with Crippen molar-refractivity contribution in [2.45, 2.75) is 57.9 Å². The molecule has 0 bridgehead atoms. The SMILES string of the molecule is CCCCCCCCC(NC)c1cnc2ccccc2c1. The van der Waals surface area contributed by atoms with Crippen LogP contribution in [0.1, 0.15) is 63.5 Å². The minimum Gasteiger partial charge on any atom is -0.313 e. The molecule has 0 amide bonds. The summed E-state index contributed by atoms with van der Waals surface area (Å²) in [5.74, 6) is 0. The molecule has 21 heavy (non-hydrogen) atoms. The molecule has 0 aliphatic carbocycles. The fraction of sp³-hybridized carbons (Fsp3) is 0.526. The lowest BCUT2D eigenvalue weighted by Crippen LogP contribution is -2.16. The van der Waals surface area contributed by atoms with Crippen LogP contribution in [0, 0.1) is 0 Å². The molecule has 1 heterocycles. The average molecular weight is 284 g/mol. The first-order chi connectivity index (χ1) is 10.3. The molecule has 2 rings (SSSR count). The molecule has 1 aromatic carbocycles. The number of benzene rings is 1. The Morgan fingerprint density at radius 3 is 2.62 bits per heavy atom. The maximum Gasteiger partial charge on any atom is 0.0702 e. The number of nitrogens with one attached hydrogen (secondary N) is 1. The largest absolute Gasteiger partial charge is 0.313 e. The highest BCUT2D eigenvalue weighted by Gasteiger charge is 2.09. The van der Waals surface area contributed by atoms with Crippen molar-refractivity contribution < 1.29 is 0 Å². The first-order valence-corrected chi connectivity index (χ1v) is 8.37. The zero-order valence-electron chi connectivity index (χ0n) is 13.4. The van der Waals surface area contributed by atoms with Gasteiger partial charge in [-0.25, -0.2) is 0 Å². The van der Waals surface area contributed by atoms with Gasteiger partial charge in [-0.15, -0.1) is 0 Å². The Morgan fingerprint density at radius 2 is 1.81 bits per heavy atom. The third-order valence-electron chi connectivity index (χ3n) is 4.21. The predicted octanol–water partition coefficient (Wildman–Crippen LogP) is 5.25. The lowest BCUT2D eigenvalue weighted by Gasteiger charge is -2.16. The summed E-state index contributed by atoms with van der Waals surface area (Å²) in [5, 5.41) is 4.68.